The molecule has 1 saturated heterocycles. The van der Waals surface area contributed by atoms with Crippen molar-refractivity contribution in [2.45, 2.75) is 51.1 Å². The van der Waals surface area contributed by atoms with Crippen LogP contribution in [-0.2, 0) is 14.3 Å². The summed E-state index contributed by atoms with van der Waals surface area (Å²) in [6.45, 7) is 3.44. The van der Waals surface area contributed by atoms with Gasteiger partial charge in [-0.2, -0.15) is 0 Å². The molecule has 1 aliphatic heterocycles. The number of nitrogens with one attached hydrogen (secondary N) is 2. The highest BCUT2D eigenvalue weighted by atomic mass is 16.5. The lowest BCUT2D eigenvalue weighted by atomic mass is 9.90. The number of aliphatic carboxylic acids is 1. The Morgan fingerprint density at radius 2 is 2.25 bits per heavy atom. The van der Waals surface area contributed by atoms with E-state index in [-0.39, 0.29) is 11.9 Å². The van der Waals surface area contributed by atoms with Crippen LogP contribution in [0.2, 0.25) is 0 Å². The SMILES string of the molecule is CCC1CCNC(C(=O)NC(CCCOC)C(=O)O)C1. The minimum atomic E-state index is -0.989. The number of carbonyl (C=O) groups excluding carboxylic acids is 1. The number of piperidine rings is 1. The molecule has 3 atom stereocenters. The molecule has 0 radical (unpaired) electrons. The van der Waals surface area contributed by atoms with E-state index < -0.39 is 12.0 Å². The number of hydrogen-bond donors (Lipinski definition) is 3. The van der Waals surface area contributed by atoms with Gasteiger partial charge in [0.05, 0.1) is 6.04 Å². The number of hydrogen-bond acceptors (Lipinski definition) is 4. The van der Waals surface area contributed by atoms with Crippen LogP contribution in [0.1, 0.15) is 39.0 Å². The maximum Gasteiger partial charge on any atom is 0.326 e. The summed E-state index contributed by atoms with van der Waals surface area (Å²) in [4.78, 5) is 23.3. The summed E-state index contributed by atoms with van der Waals surface area (Å²) in [5, 5.41) is 14.9. The molecular weight excluding hydrogens is 260 g/mol. The quantitative estimate of drug-likeness (QED) is 0.573. The molecule has 0 bridgehead atoms. The number of methoxy groups -OCH3 is 1. The second-order valence-electron chi connectivity index (χ2n) is 5.34. The zero-order valence-corrected chi connectivity index (χ0v) is 12.4. The predicted octanol–water partition coefficient (Wildman–Crippen LogP) is 0.761. The molecule has 0 spiro atoms. The highest BCUT2D eigenvalue weighted by molar-refractivity contribution is 5.87. The molecule has 1 amide bonds. The van der Waals surface area contributed by atoms with Crippen molar-refractivity contribution in [3.05, 3.63) is 0 Å². The average Bonchev–Trinajstić information content (AvgIpc) is 2.46. The van der Waals surface area contributed by atoms with Gasteiger partial charge in [-0.3, -0.25) is 4.79 Å². The van der Waals surface area contributed by atoms with E-state index in [2.05, 4.69) is 17.6 Å². The fraction of sp³-hybridized carbons (Fsp3) is 0.857. The monoisotopic (exact) mass is 286 g/mol. The minimum absolute atomic E-state index is 0.201. The van der Waals surface area contributed by atoms with Crippen molar-refractivity contribution in [3.8, 4) is 0 Å². The molecule has 0 saturated carbocycles. The van der Waals surface area contributed by atoms with Crippen molar-refractivity contribution >= 4 is 11.9 Å². The Morgan fingerprint density at radius 1 is 1.50 bits per heavy atom. The fourth-order valence-electron chi connectivity index (χ4n) is 2.53. The third-order valence-electron chi connectivity index (χ3n) is 3.86. The van der Waals surface area contributed by atoms with Crippen molar-refractivity contribution in [3.63, 3.8) is 0 Å². The molecule has 6 heteroatoms. The van der Waals surface area contributed by atoms with E-state index in [1.807, 2.05) is 0 Å². The Bertz CT molecular complexity index is 322. The predicted molar refractivity (Wildman–Crippen MR) is 75.5 cm³/mol. The zero-order chi connectivity index (χ0) is 15.0. The van der Waals surface area contributed by atoms with Gasteiger partial charge in [0.2, 0.25) is 5.91 Å². The van der Waals surface area contributed by atoms with Gasteiger partial charge in [-0.15, -0.1) is 0 Å². The smallest absolute Gasteiger partial charge is 0.326 e. The van der Waals surface area contributed by atoms with Crippen LogP contribution >= 0.6 is 0 Å². The summed E-state index contributed by atoms with van der Waals surface area (Å²) >= 11 is 0. The highest BCUT2D eigenvalue weighted by Crippen LogP contribution is 2.19. The van der Waals surface area contributed by atoms with Gasteiger partial charge in [-0.1, -0.05) is 13.3 Å². The molecule has 1 heterocycles. The first kappa shape index (κ1) is 16.9. The molecule has 20 heavy (non-hydrogen) atoms. The molecule has 0 aromatic rings. The Labute approximate surface area is 120 Å². The topological polar surface area (TPSA) is 87.7 Å². The normalized spacial score (nSPS) is 24.1. The standard InChI is InChI=1S/C14H26N2O4/c1-3-10-6-7-15-12(9-10)13(17)16-11(14(18)19)5-4-8-20-2/h10-12,15H,3-9H2,1-2H3,(H,16,17)(H,18,19). The lowest BCUT2D eigenvalue weighted by molar-refractivity contribution is -0.142. The lowest BCUT2D eigenvalue weighted by Gasteiger charge is -2.29. The number of carboxylic acid groups (broad SMARTS) is 1. The summed E-state index contributed by atoms with van der Waals surface area (Å²) in [5.41, 5.74) is 0. The van der Waals surface area contributed by atoms with Gasteiger partial charge in [-0.25, -0.2) is 4.79 Å². The van der Waals surface area contributed by atoms with Gasteiger partial charge in [0.25, 0.3) is 0 Å². The maximum atomic E-state index is 12.1. The van der Waals surface area contributed by atoms with Crippen LogP contribution in [0.25, 0.3) is 0 Å². The first-order chi connectivity index (χ1) is 9.58. The molecule has 3 unspecified atom stereocenters. The molecule has 1 aliphatic rings. The summed E-state index contributed by atoms with van der Waals surface area (Å²) in [5.74, 6) is -0.644. The molecule has 1 rings (SSSR count). The van der Waals surface area contributed by atoms with Gasteiger partial charge in [0.1, 0.15) is 6.04 Å². The van der Waals surface area contributed by atoms with Crippen LogP contribution in [0.15, 0.2) is 0 Å². The summed E-state index contributed by atoms with van der Waals surface area (Å²) in [7, 11) is 1.57. The van der Waals surface area contributed by atoms with E-state index in [0.29, 0.717) is 25.4 Å². The third-order valence-corrected chi connectivity index (χ3v) is 3.86. The zero-order valence-electron chi connectivity index (χ0n) is 12.4. The molecule has 3 N–H and O–H groups in total. The van der Waals surface area contributed by atoms with Gasteiger partial charge < -0.3 is 20.5 Å². The van der Waals surface area contributed by atoms with E-state index in [4.69, 9.17) is 9.84 Å². The number of rotatable bonds is 8. The van der Waals surface area contributed by atoms with Crippen molar-refractivity contribution in [2.75, 3.05) is 20.3 Å². The molecule has 1 fully saturated rings. The van der Waals surface area contributed by atoms with Gasteiger partial charge in [0.15, 0.2) is 0 Å². The molecule has 116 valence electrons. The van der Waals surface area contributed by atoms with Crippen molar-refractivity contribution in [1.82, 2.24) is 10.6 Å². The number of carbonyl (C=O) groups is 2. The Kier molecular flexibility index (Phi) is 7.54. The Balaban J connectivity index is 2.46. The van der Waals surface area contributed by atoms with Gasteiger partial charge >= 0.3 is 5.97 Å². The van der Waals surface area contributed by atoms with Crippen LogP contribution in [0.4, 0.5) is 0 Å². The first-order valence-corrected chi connectivity index (χ1v) is 7.34. The fourth-order valence-corrected chi connectivity index (χ4v) is 2.53. The van der Waals surface area contributed by atoms with Crippen molar-refractivity contribution in [1.29, 1.82) is 0 Å². The van der Waals surface area contributed by atoms with Gasteiger partial charge in [-0.05, 0) is 38.1 Å². The average molecular weight is 286 g/mol. The van der Waals surface area contributed by atoms with Crippen molar-refractivity contribution in [2.24, 2.45) is 5.92 Å². The Hall–Kier alpha value is -1.14. The van der Waals surface area contributed by atoms with Crippen LogP contribution in [-0.4, -0.2) is 49.3 Å². The van der Waals surface area contributed by atoms with Gasteiger partial charge in [0, 0.05) is 13.7 Å². The van der Waals surface area contributed by atoms with Crippen LogP contribution in [0.3, 0.4) is 0 Å². The van der Waals surface area contributed by atoms with E-state index >= 15 is 0 Å². The van der Waals surface area contributed by atoms with Crippen LogP contribution < -0.4 is 10.6 Å². The first-order valence-electron chi connectivity index (χ1n) is 7.34. The third kappa shape index (κ3) is 5.46. The molecule has 0 aromatic heterocycles. The van der Waals surface area contributed by atoms with E-state index in [0.717, 1.165) is 25.8 Å². The number of amides is 1. The summed E-state index contributed by atoms with van der Waals surface area (Å²) in [6, 6.07) is -1.10. The molecule has 0 aliphatic carbocycles. The Morgan fingerprint density at radius 3 is 2.85 bits per heavy atom. The maximum absolute atomic E-state index is 12.1. The second-order valence-corrected chi connectivity index (χ2v) is 5.34. The van der Waals surface area contributed by atoms with Crippen LogP contribution in [0.5, 0.6) is 0 Å². The highest BCUT2D eigenvalue weighted by Gasteiger charge is 2.28. The molecule has 0 aromatic carbocycles. The molecule has 6 nitrogen and oxygen atoms in total. The summed E-state index contributed by atoms with van der Waals surface area (Å²) < 4.78 is 4.90. The van der Waals surface area contributed by atoms with Crippen molar-refractivity contribution < 1.29 is 19.4 Å². The number of ether oxygens (including phenoxy) is 1. The largest absolute Gasteiger partial charge is 0.480 e. The van der Waals surface area contributed by atoms with E-state index in [1.54, 1.807) is 7.11 Å². The lowest BCUT2D eigenvalue weighted by Crippen LogP contribution is -2.52. The number of carboxylic acids is 1. The van der Waals surface area contributed by atoms with E-state index in [1.165, 1.54) is 0 Å². The van der Waals surface area contributed by atoms with E-state index in [9.17, 15) is 9.59 Å². The molecular formula is C14H26N2O4. The minimum Gasteiger partial charge on any atom is -0.480 e. The summed E-state index contributed by atoms with van der Waals surface area (Å²) in [6.07, 6.45) is 3.92. The second kappa shape index (κ2) is 8.92. The van der Waals surface area contributed by atoms with Crippen LogP contribution in [0, 0.1) is 5.92 Å².